The average molecular weight is 395 g/mol. The van der Waals surface area contributed by atoms with Crippen LogP contribution in [0, 0.1) is 4.77 Å². The smallest absolute Gasteiger partial charge is 0.262 e. The van der Waals surface area contributed by atoms with E-state index in [1.807, 2.05) is 30.3 Å². The van der Waals surface area contributed by atoms with Gasteiger partial charge in [-0.25, -0.2) is 0 Å². The van der Waals surface area contributed by atoms with Crippen molar-refractivity contribution in [1.82, 2.24) is 14.9 Å². The molecule has 0 unspecified atom stereocenters. The summed E-state index contributed by atoms with van der Waals surface area (Å²) in [5.41, 5.74) is 1.90. The van der Waals surface area contributed by atoms with Crippen LogP contribution in [-0.4, -0.2) is 28.2 Å². The third-order valence-electron chi connectivity index (χ3n) is 4.95. The Labute approximate surface area is 167 Å². The van der Waals surface area contributed by atoms with Crippen LogP contribution in [0.25, 0.3) is 10.9 Å². The number of hydrogen-bond acceptors (Lipinski definition) is 4. The van der Waals surface area contributed by atoms with E-state index in [1.54, 1.807) is 22.8 Å². The number of rotatable bonds is 5. The molecule has 1 fully saturated rings. The summed E-state index contributed by atoms with van der Waals surface area (Å²) in [6.45, 7) is 1.62. The van der Waals surface area contributed by atoms with Gasteiger partial charge in [-0.1, -0.05) is 30.3 Å². The second-order valence-corrected chi connectivity index (χ2v) is 7.30. The first kappa shape index (κ1) is 18.6. The van der Waals surface area contributed by atoms with E-state index in [9.17, 15) is 9.59 Å². The number of aromatic nitrogens is 2. The molecule has 1 aliphatic rings. The molecule has 0 bridgehead atoms. The molecular formula is C21H21N3O3S. The number of ether oxygens (including phenoxy) is 1. The Morgan fingerprint density at radius 3 is 2.82 bits per heavy atom. The van der Waals surface area contributed by atoms with Crippen molar-refractivity contribution in [1.29, 1.82) is 0 Å². The normalized spacial score (nSPS) is 16.4. The summed E-state index contributed by atoms with van der Waals surface area (Å²) in [5.74, 6) is -0.200. The van der Waals surface area contributed by atoms with Crippen molar-refractivity contribution >= 4 is 29.0 Å². The quantitative estimate of drug-likeness (QED) is 0.651. The Hall–Kier alpha value is -2.77. The van der Waals surface area contributed by atoms with Gasteiger partial charge in [0, 0.05) is 18.7 Å². The van der Waals surface area contributed by atoms with Crippen molar-refractivity contribution < 1.29 is 9.53 Å². The first-order valence-electron chi connectivity index (χ1n) is 9.32. The zero-order valence-corrected chi connectivity index (χ0v) is 16.1. The fourth-order valence-electron chi connectivity index (χ4n) is 3.43. The first-order valence-corrected chi connectivity index (χ1v) is 9.73. The van der Waals surface area contributed by atoms with Gasteiger partial charge in [-0.3, -0.25) is 14.2 Å². The highest BCUT2D eigenvalue weighted by Crippen LogP contribution is 2.15. The van der Waals surface area contributed by atoms with Crippen LogP contribution in [0.5, 0.6) is 0 Å². The number of hydrogen-bond donors (Lipinski definition) is 2. The molecular weight excluding hydrogens is 374 g/mol. The summed E-state index contributed by atoms with van der Waals surface area (Å²) in [6, 6.07) is 14.7. The fourth-order valence-corrected chi connectivity index (χ4v) is 3.70. The summed E-state index contributed by atoms with van der Waals surface area (Å²) >= 11 is 5.38. The van der Waals surface area contributed by atoms with E-state index >= 15 is 0 Å². The van der Waals surface area contributed by atoms with Crippen LogP contribution in [-0.2, 0) is 17.8 Å². The van der Waals surface area contributed by atoms with Gasteiger partial charge >= 0.3 is 0 Å². The van der Waals surface area contributed by atoms with Crippen molar-refractivity contribution in [2.75, 3.05) is 6.61 Å². The molecule has 1 amide bonds. The second-order valence-electron chi connectivity index (χ2n) is 6.91. The van der Waals surface area contributed by atoms with E-state index in [1.165, 1.54) is 0 Å². The van der Waals surface area contributed by atoms with E-state index < -0.39 is 0 Å². The third-order valence-corrected chi connectivity index (χ3v) is 5.27. The van der Waals surface area contributed by atoms with Crippen molar-refractivity contribution in [2.45, 2.75) is 32.0 Å². The van der Waals surface area contributed by atoms with Gasteiger partial charge in [0.2, 0.25) is 0 Å². The molecule has 1 atom stereocenters. The molecule has 3 aromatic rings. The Bertz CT molecular complexity index is 1120. The lowest BCUT2D eigenvalue weighted by molar-refractivity contribution is 0.0950. The number of H-pyrrole nitrogens is 1. The molecule has 0 spiro atoms. The van der Waals surface area contributed by atoms with Crippen LogP contribution in [0.1, 0.15) is 28.8 Å². The molecule has 28 heavy (non-hydrogen) atoms. The Kier molecular flexibility index (Phi) is 5.36. The molecule has 0 aliphatic carbocycles. The Morgan fingerprint density at radius 2 is 2.07 bits per heavy atom. The van der Waals surface area contributed by atoms with Gasteiger partial charge in [0.05, 0.1) is 23.6 Å². The molecule has 2 N–H and O–H groups in total. The molecule has 1 aliphatic heterocycles. The number of amides is 1. The number of nitrogens with zero attached hydrogens (tertiary/aromatic N) is 1. The standard InChI is InChI=1S/C21H21N3O3S/c25-19(22-12-14-5-2-1-3-6-14)15-8-9-17-18(11-15)23-21(28)24(20(17)26)13-16-7-4-10-27-16/h1-3,5-6,8-9,11,16H,4,7,10,12-13H2,(H,22,25)(H,23,28)/t16-/m0/s1. The topological polar surface area (TPSA) is 76.1 Å². The first-order chi connectivity index (χ1) is 13.6. The van der Waals surface area contributed by atoms with Crippen LogP contribution in [0.3, 0.4) is 0 Å². The lowest BCUT2D eigenvalue weighted by Crippen LogP contribution is -2.28. The van der Waals surface area contributed by atoms with Gasteiger partial charge in [-0.15, -0.1) is 0 Å². The van der Waals surface area contributed by atoms with E-state index in [4.69, 9.17) is 17.0 Å². The van der Waals surface area contributed by atoms with Crippen LogP contribution in [0.15, 0.2) is 53.3 Å². The zero-order valence-electron chi connectivity index (χ0n) is 15.3. The van der Waals surface area contributed by atoms with Crippen molar-refractivity contribution in [2.24, 2.45) is 0 Å². The van der Waals surface area contributed by atoms with Gasteiger partial charge in [-0.2, -0.15) is 0 Å². The predicted octanol–water partition coefficient (Wildman–Crippen LogP) is 3.17. The van der Waals surface area contributed by atoms with Gasteiger partial charge in [0.1, 0.15) is 0 Å². The minimum Gasteiger partial charge on any atom is -0.376 e. The van der Waals surface area contributed by atoms with E-state index in [0.29, 0.717) is 34.3 Å². The number of benzene rings is 2. The van der Waals surface area contributed by atoms with Crippen LogP contribution in [0.2, 0.25) is 0 Å². The van der Waals surface area contributed by atoms with Crippen molar-refractivity contribution in [3.63, 3.8) is 0 Å². The molecule has 2 aromatic carbocycles. The summed E-state index contributed by atoms with van der Waals surface area (Å²) in [7, 11) is 0. The largest absolute Gasteiger partial charge is 0.376 e. The Balaban J connectivity index is 1.57. The van der Waals surface area contributed by atoms with Gasteiger partial charge < -0.3 is 15.0 Å². The monoisotopic (exact) mass is 395 g/mol. The van der Waals surface area contributed by atoms with E-state index in [-0.39, 0.29) is 17.6 Å². The molecule has 0 saturated carbocycles. The third kappa shape index (κ3) is 3.90. The maximum atomic E-state index is 12.8. The van der Waals surface area contributed by atoms with Gasteiger partial charge in [-0.05, 0) is 48.8 Å². The molecule has 0 radical (unpaired) electrons. The Morgan fingerprint density at radius 1 is 1.25 bits per heavy atom. The number of aromatic amines is 1. The van der Waals surface area contributed by atoms with Crippen molar-refractivity contribution in [3.8, 4) is 0 Å². The van der Waals surface area contributed by atoms with E-state index in [2.05, 4.69) is 10.3 Å². The number of carbonyl (C=O) groups excluding carboxylic acids is 1. The molecule has 1 aromatic heterocycles. The molecule has 6 nitrogen and oxygen atoms in total. The highest BCUT2D eigenvalue weighted by atomic mass is 32.1. The summed E-state index contributed by atoms with van der Waals surface area (Å²) in [5, 5.41) is 3.40. The summed E-state index contributed by atoms with van der Waals surface area (Å²) < 4.78 is 7.51. The number of nitrogens with one attached hydrogen (secondary N) is 2. The van der Waals surface area contributed by atoms with Crippen LogP contribution < -0.4 is 10.9 Å². The van der Waals surface area contributed by atoms with Crippen LogP contribution in [0.4, 0.5) is 0 Å². The SMILES string of the molecule is O=C(NCc1ccccc1)c1ccc2c(=O)n(C[C@@H]3CCCO3)c(=S)[nH]c2c1. The average Bonchev–Trinajstić information content (AvgIpc) is 3.23. The van der Waals surface area contributed by atoms with Crippen molar-refractivity contribution in [3.05, 3.63) is 74.8 Å². The van der Waals surface area contributed by atoms with Crippen LogP contribution >= 0.6 is 12.2 Å². The summed E-state index contributed by atoms with van der Waals surface area (Å²) in [4.78, 5) is 28.4. The number of fused-ring (bicyclic) bond motifs is 1. The molecule has 2 heterocycles. The highest BCUT2D eigenvalue weighted by Gasteiger charge is 2.18. The molecule has 4 rings (SSSR count). The molecule has 7 heteroatoms. The predicted molar refractivity (Wildman–Crippen MR) is 110 cm³/mol. The fraction of sp³-hybridized carbons (Fsp3) is 0.286. The van der Waals surface area contributed by atoms with Gasteiger partial charge in [0.15, 0.2) is 4.77 Å². The maximum absolute atomic E-state index is 12.8. The zero-order chi connectivity index (χ0) is 19.5. The minimum atomic E-state index is -0.200. The molecule has 144 valence electrons. The highest BCUT2D eigenvalue weighted by molar-refractivity contribution is 7.71. The maximum Gasteiger partial charge on any atom is 0.262 e. The lowest BCUT2D eigenvalue weighted by Gasteiger charge is -2.13. The molecule has 1 saturated heterocycles. The number of carbonyl (C=O) groups is 1. The lowest BCUT2D eigenvalue weighted by atomic mass is 10.1. The van der Waals surface area contributed by atoms with Gasteiger partial charge in [0.25, 0.3) is 11.5 Å². The second kappa shape index (κ2) is 8.08. The van der Waals surface area contributed by atoms with E-state index in [0.717, 1.165) is 25.0 Å². The minimum absolute atomic E-state index is 0.0216. The summed E-state index contributed by atoms with van der Waals surface area (Å²) in [6.07, 6.45) is 1.96.